The second-order valence-corrected chi connectivity index (χ2v) is 10.3. The van der Waals surface area contributed by atoms with E-state index in [9.17, 15) is 9.90 Å². The fourth-order valence-corrected chi connectivity index (χ4v) is 5.58. The zero-order valence-corrected chi connectivity index (χ0v) is 22.4. The zero-order chi connectivity index (χ0) is 27.0. The number of aliphatic hydroxyl groups excluding tert-OH is 1. The number of rotatable bonds is 8. The number of β-amino-alcohol motifs (C(OH)–C–C–N with tert-alkyl or cyclic N) is 1. The predicted octanol–water partition coefficient (Wildman–Crippen LogP) is 3.57. The van der Waals surface area contributed by atoms with E-state index in [-0.39, 0.29) is 30.8 Å². The third kappa shape index (κ3) is 7.22. The molecule has 2 aliphatic heterocycles. The summed E-state index contributed by atoms with van der Waals surface area (Å²) in [7, 11) is 1.63. The van der Waals surface area contributed by atoms with Gasteiger partial charge in [-0.25, -0.2) is 0 Å². The summed E-state index contributed by atoms with van der Waals surface area (Å²) in [5.41, 5.74) is 4.38. The van der Waals surface area contributed by atoms with Crippen molar-refractivity contribution in [3.05, 3.63) is 84.2 Å². The Bertz CT molecular complexity index is 1220. The number of hydrogen-bond acceptors (Lipinski definition) is 7. The molecule has 0 radical (unpaired) electrons. The Labute approximate surface area is 229 Å². The molecule has 5 rings (SSSR count). The number of ether oxygens (including phenoxy) is 3. The average molecular weight is 532 g/mol. The highest BCUT2D eigenvalue weighted by atomic mass is 16.5. The standard InChI is InChI=1S/C31H37N3O5/c1-37-29-8-3-2-6-25(29)17-33-31(36)16-27-9-10-28-30(39-27)21-38-20-26(35)19-34(28)18-22-5-4-7-24(15-22)23-11-13-32-14-12-23/h2-8,11-15,26-28,30,35H,9-10,16-21H2,1H3,(H,33,36)/t26-,27-,28+,30-/m0/s1. The third-order valence-electron chi connectivity index (χ3n) is 7.50. The Hall–Kier alpha value is -3.30. The second kappa shape index (κ2) is 13.2. The number of aromatic nitrogens is 1. The van der Waals surface area contributed by atoms with Crippen molar-refractivity contribution in [2.75, 3.05) is 26.9 Å². The average Bonchev–Trinajstić information content (AvgIpc) is 2.96. The molecular formula is C31H37N3O5. The van der Waals surface area contributed by atoms with Crippen LogP contribution in [0.4, 0.5) is 0 Å². The van der Waals surface area contributed by atoms with Crippen LogP contribution in [0.25, 0.3) is 11.1 Å². The molecule has 2 fully saturated rings. The molecule has 0 spiro atoms. The van der Waals surface area contributed by atoms with Crippen LogP contribution in [0.1, 0.15) is 30.4 Å². The first-order chi connectivity index (χ1) is 19.1. The highest BCUT2D eigenvalue weighted by molar-refractivity contribution is 5.76. The number of nitrogens with one attached hydrogen (secondary N) is 1. The van der Waals surface area contributed by atoms with E-state index in [2.05, 4.69) is 39.5 Å². The first kappa shape index (κ1) is 27.3. The number of carbonyl (C=O) groups excluding carboxylic acids is 1. The fraction of sp³-hybridized carbons (Fsp3) is 0.419. The topological polar surface area (TPSA) is 93.2 Å². The SMILES string of the molecule is COc1ccccc1CNC(=O)C[C@@H]1CC[C@@H]2[C@H](COC[C@@H](O)CN2Cc2cccc(-c3ccncc3)c2)O1. The molecule has 3 heterocycles. The minimum atomic E-state index is -0.562. The molecule has 8 heteroatoms. The van der Waals surface area contributed by atoms with Gasteiger partial charge in [-0.3, -0.25) is 14.7 Å². The number of fused-ring (bicyclic) bond motifs is 1. The van der Waals surface area contributed by atoms with Gasteiger partial charge in [-0.2, -0.15) is 0 Å². The summed E-state index contributed by atoms with van der Waals surface area (Å²) in [6.07, 6.45) is 4.64. The molecule has 206 valence electrons. The number of methoxy groups -OCH3 is 1. The van der Waals surface area contributed by atoms with Crippen molar-refractivity contribution in [1.29, 1.82) is 0 Å². The van der Waals surface area contributed by atoms with Gasteiger partial charge in [0.25, 0.3) is 0 Å². The lowest BCUT2D eigenvalue weighted by atomic mass is 9.94. The summed E-state index contributed by atoms with van der Waals surface area (Å²) in [5, 5.41) is 13.6. The van der Waals surface area contributed by atoms with E-state index in [1.54, 1.807) is 19.5 Å². The molecule has 2 aromatic carbocycles. The molecule has 0 bridgehead atoms. The second-order valence-electron chi connectivity index (χ2n) is 10.3. The van der Waals surface area contributed by atoms with Gasteiger partial charge in [-0.05, 0) is 53.8 Å². The number of aliphatic hydroxyl groups is 1. The van der Waals surface area contributed by atoms with Crippen molar-refractivity contribution < 1.29 is 24.1 Å². The number of amides is 1. The molecule has 0 aliphatic carbocycles. The van der Waals surface area contributed by atoms with Crippen molar-refractivity contribution in [2.24, 2.45) is 0 Å². The van der Waals surface area contributed by atoms with E-state index in [0.29, 0.717) is 32.7 Å². The van der Waals surface area contributed by atoms with E-state index in [4.69, 9.17) is 14.2 Å². The van der Waals surface area contributed by atoms with Crippen LogP contribution in [0.5, 0.6) is 5.75 Å². The van der Waals surface area contributed by atoms with E-state index in [0.717, 1.165) is 35.3 Å². The molecule has 0 unspecified atom stereocenters. The van der Waals surface area contributed by atoms with Gasteiger partial charge in [-0.15, -0.1) is 0 Å². The van der Waals surface area contributed by atoms with Gasteiger partial charge in [0.2, 0.25) is 5.91 Å². The lowest BCUT2D eigenvalue weighted by Crippen LogP contribution is -2.55. The molecule has 1 aromatic heterocycles. The van der Waals surface area contributed by atoms with E-state index < -0.39 is 6.10 Å². The van der Waals surface area contributed by atoms with Gasteiger partial charge < -0.3 is 24.6 Å². The Morgan fingerprint density at radius 3 is 2.77 bits per heavy atom. The minimum Gasteiger partial charge on any atom is -0.496 e. The number of nitrogens with zero attached hydrogens (tertiary/aromatic N) is 2. The third-order valence-corrected chi connectivity index (χ3v) is 7.50. The van der Waals surface area contributed by atoms with Crippen molar-refractivity contribution >= 4 is 5.91 Å². The van der Waals surface area contributed by atoms with Crippen LogP contribution in [0, 0.1) is 0 Å². The van der Waals surface area contributed by atoms with Crippen LogP contribution < -0.4 is 10.1 Å². The van der Waals surface area contributed by atoms with Gasteiger partial charge in [0.1, 0.15) is 5.75 Å². The number of carbonyl (C=O) groups is 1. The largest absolute Gasteiger partial charge is 0.496 e. The fourth-order valence-electron chi connectivity index (χ4n) is 5.58. The van der Waals surface area contributed by atoms with Crippen molar-refractivity contribution in [3.8, 4) is 16.9 Å². The van der Waals surface area contributed by atoms with Crippen LogP contribution in [0.2, 0.25) is 0 Å². The summed E-state index contributed by atoms with van der Waals surface area (Å²) in [5.74, 6) is 0.714. The Balaban J connectivity index is 1.21. The van der Waals surface area contributed by atoms with Crippen LogP contribution in [-0.4, -0.2) is 72.1 Å². The molecule has 4 atom stereocenters. The lowest BCUT2D eigenvalue weighted by molar-refractivity contribution is -0.158. The van der Waals surface area contributed by atoms with Crippen LogP contribution >= 0.6 is 0 Å². The summed E-state index contributed by atoms with van der Waals surface area (Å²) in [6.45, 7) is 2.28. The minimum absolute atomic E-state index is 0.0451. The molecule has 8 nitrogen and oxygen atoms in total. The van der Waals surface area contributed by atoms with E-state index in [1.165, 1.54) is 5.56 Å². The molecular weight excluding hydrogens is 494 g/mol. The van der Waals surface area contributed by atoms with Crippen LogP contribution in [0.3, 0.4) is 0 Å². The van der Waals surface area contributed by atoms with Crippen molar-refractivity contribution in [3.63, 3.8) is 0 Å². The quantitative estimate of drug-likeness (QED) is 0.459. The van der Waals surface area contributed by atoms with Crippen molar-refractivity contribution in [1.82, 2.24) is 15.2 Å². The van der Waals surface area contributed by atoms with Crippen LogP contribution in [0.15, 0.2) is 73.1 Å². The highest BCUT2D eigenvalue weighted by Gasteiger charge is 2.38. The highest BCUT2D eigenvalue weighted by Crippen LogP contribution is 2.29. The summed E-state index contributed by atoms with van der Waals surface area (Å²) < 4.78 is 17.6. The Morgan fingerprint density at radius 2 is 1.92 bits per heavy atom. The van der Waals surface area contributed by atoms with Gasteiger partial charge in [0.15, 0.2) is 0 Å². The number of benzene rings is 2. The van der Waals surface area contributed by atoms with Gasteiger partial charge in [0, 0.05) is 43.6 Å². The lowest BCUT2D eigenvalue weighted by Gasteiger charge is -2.44. The number of pyridine rings is 1. The maximum absolute atomic E-state index is 12.8. The Kier molecular flexibility index (Phi) is 9.21. The molecule has 1 amide bonds. The maximum atomic E-state index is 12.8. The molecule has 3 aromatic rings. The van der Waals surface area contributed by atoms with Gasteiger partial charge in [0.05, 0.1) is 45.1 Å². The van der Waals surface area contributed by atoms with Gasteiger partial charge >= 0.3 is 0 Å². The monoisotopic (exact) mass is 531 g/mol. The zero-order valence-electron chi connectivity index (χ0n) is 22.4. The summed E-state index contributed by atoms with van der Waals surface area (Å²) >= 11 is 0. The number of para-hydroxylation sites is 1. The maximum Gasteiger partial charge on any atom is 0.222 e. The predicted molar refractivity (Wildman–Crippen MR) is 148 cm³/mol. The smallest absolute Gasteiger partial charge is 0.222 e. The van der Waals surface area contributed by atoms with Gasteiger partial charge in [-0.1, -0.05) is 36.4 Å². The van der Waals surface area contributed by atoms with E-state index in [1.807, 2.05) is 36.4 Å². The molecule has 2 saturated heterocycles. The molecule has 2 aliphatic rings. The van der Waals surface area contributed by atoms with E-state index >= 15 is 0 Å². The molecule has 0 saturated carbocycles. The first-order valence-corrected chi connectivity index (χ1v) is 13.6. The summed E-state index contributed by atoms with van der Waals surface area (Å²) in [6, 6.07) is 20.3. The normalized spacial score (nSPS) is 23.7. The van der Waals surface area contributed by atoms with Crippen LogP contribution in [-0.2, 0) is 27.4 Å². The number of hydrogen-bond donors (Lipinski definition) is 2. The molecule has 39 heavy (non-hydrogen) atoms. The van der Waals surface area contributed by atoms with Crippen molar-refractivity contribution in [2.45, 2.75) is 56.7 Å². The first-order valence-electron chi connectivity index (χ1n) is 13.6. The summed E-state index contributed by atoms with van der Waals surface area (Å²) in [4.78, 5) is 19.2. The Morgan fingerprint density at radius 1 is 1.08 bits per heavy atom. The molecule has 2 N–H and O–H groups in total.